The average Bonchev–Trinajstić information content (AvgIpc) is 2.93. The van der Waals surface area contributed by atoms with Crippen LogP contribution in [0.4, 0.5) is 4.39 Å². The summed E-state index contributed by atoms with van der Waals surface area (Å²) in [4.78, 5) is 18.1. The van der Waals surface area contributed by atoms with E-state index in [1.54, 1.807) is 36.5 Å². The van der Waals surface area contributed by atoms with Crippen molar-refractivity contribution in [1.82, 2.24) is 9.66 Å². The highest BCUT2D eigenvalue weighted by molar-refractivity contribution is 9.10. The van der Waals surface area contributed by atoms with Gasteiger partial charge in [0.1, 0.15) is 12.4 Å². The van der Waals surface area contributed by atoms with E-state index in [1.807, 2.05) is 55.5 Å². The zero-order chi connectivity index (χ0) is 26.5. The summed E-state index contributed by atoms with van der Waals surface area (Å²) in [5.41, 5.74) is 2.47. The lowest BCUT2D eigenvalue weighted by atomic mass is 10.2. The molecule has 0 spiro atoms. The molecule has 0 amide bonds. The van der Waals surface area contributed by atoms with Gasteiger partial charge in [0.2, 0.25) is 0 Å². The quantitative estimate of drug-likeness (QED) is 0.191. The third kappa shape index (κ3) is 5.50. The van der Waals surface area contributed by atoms with Crippen molar-refractivity contribution in [2.45, 2.75) is 13.5 Å². The zero-order valence-corrected chi connectivity index (χ0v) is 22.1. The number of fused-ring (bicyclic) bond motifs is 1. The summed E-state index contributed by atoms with van der Waals surface area (Å²) in [6.45, 7) is 2.45. The van der Waals surface area contributed by atoms with Crippen molar-refractivity contribution in [1.29, 1.82) is 0 Å². The third-order valence-corrected chi connectivity index (χ3v) is 6.30. The Bertz CT molecular complexity index is 1690. The topological polar surface area (TPSA) is 65.7 Å². The zero-order valence-electron chi connectivity index (χ0n) is 20.5. The first-order chi connectivity index (χ1) is 18.5. The van der Waals surface area contributed by atoms with E-state index >= 15 is 0 Å². The molecule has 6 nitrogen and oxygen atoms in total. The summed E-state index contributed by atoms with van der Waals surface area (Å²) >= 11 is 3.56. The summed E-state index contributed by atoms with van der Waals surface area (Å²) in [5, 5.41) is 5.01. The van der Waals surface area contributed by atoms with Gasteiger partial charge in [0.15, 0.2) is 17.3 Å². The monoisotopic (exact) mass is 571 g/mol. The van der Waals surface area contributed by atoms with Crippen LogP contribution in [0, 0.1) is 5.82 Å². The summed E-state index contributed by atoms with van der Waals surface area (Å²) in [7, 11) is 0. The molecule has 0 aliphatic heterocycles. The van der Waals surface area contributed by atoms with Gasteiger partial charge in [-0.25, -0.2) is 9.37 Å². The van der Waals surface area contributed by atoms with Crippen LogP contribution in [-0.4, -0.2) is 22.5 Å². The molecule has 0 bridgehead atoms. The molecule has 1 heterocycles. The number of nitrogens with zero attached hydrogens (tertiary/aromatic N) is 3. The number of benzene rings is 4. The number of hydrogen-bond donors (Lipinski definition) is 0. The minimum absolute atomic E-state index is 0.169. The van der Waals surface area contributed by atoms with Crippen LogP contribution in [0.15, 0.2) is 105 Å². The van der Waals surface area contributed by atoms with Crippen LogP contribution in [-0.2, 0) is 6.61 Å². The Morgan fingerprint density at radius 1 is 0.974 bits per heavy atom. The standard InChI is InChI=1S/C30H23BrFN3O3/c1-2-37-27-17-21(16-25(31)28(27)38-19-20-9-8-12-23(32)15-20)18-33-35-29(22-10-4-3-5-11-22)34-26-14-7-6-13-24(26)30(35)36/h3-18H,2,19H2,1H3. The fourth-order valence-corrected chi connectivity index (χ4v) is 4.55. The Kier molecular flexibility index (Phi) is 7.60. The molecule has 0 radical (unpaired) electrons. The van der Waals surface area contributed by atoms with Crippen molar-refractivity contribution in [3.8, 4) is 22.9 Å². The van der Waals surface area contributed by atoms with E-state index in [9.17, 15) is 9.18 Å². The predicted molar refractivity (Wildman–Crippen MR) is 150 cm³/mol. The number of para-hydroxylation sites is 1. The lowest BCUT2D eigenvalue weighted by Gasteiger charge is -2.15. The van der Waals surface area contributed by atoms with Crippen molar-refractivity contribution in [2.24, 2.45) is 5.10 Å². The lowest BCUT2D eigenvalue weighted by molar-refractivity contribution is 0.267. The molecule has 8 heteroatoms. The molecule has 5 rings (SSSR count). The maximum atomic E-state index is 13.6. The molecule has 0 saturated carbocycles. The van der Waals surface area contributed by atoms with Crippen molar-refractivity contribution >= 4 is 33.0 Å². The van der Waals surface area contributed by atoms with Gasteiger partial charge in [0, 0.05) is 5.56 Å². The molecular formula is C30H23BrFN3O3. The van der Waals surface area contributed by atoms with Crippen LogP contribution in [0.1, 0.15) is 18.1 Å². The summed E-state index contributed by atoms with van der Waals surface area (Å²) in [6, 6.07) is 26.5. The molecule has 38 heavy (non-hydrogen) atoms. The fourth-order valence-electron chi connectivity index (χ4n) is 3.98. The number of aromatic nitrogens is 2. The smallest absolute Gasteiger partial charge is 0.282 e. The second-order valence-electron chi connectivity index (χ2n) is 8.36. The Balaban J connectivity index is 1.53. The lowest BCUT2D eigenvalue weighted by Crippen LogP contribution is -2.20. The summed E-state index contributed by atoms with van der Waals surface area (Å²) in [5.74, 6) is 1.09. The minimum Gasteiger partial charge on any atom is -0.490 e. The molecule has 0 aliphatic rings. The van der Waals surface area contributed by atoms with E-state index in [-0.39, 0.29) is 18.0 Å². The van der Waals surface area contributed by atoms with E-state index in [0.717, 1.165) is 5.56 Å². The van der Waals surface area contributed by atoms with Crippen LogP contribution in [0.25, 0.3) is 22.3 Å². The Morgan fingerprint density at radius 3 is 2.55 bits per heavy atom. The molecule has 0 saturated heterocycles. The Morgan fingerprint density at radius 2 is 1.76 bits per heavy atom. The highest BCUT2D eigenvalue weighted by atomic mass is 79.9. The van der Waals surface area contributed by atoms with Crippen molar-refractivity contribution in [3.05, 3.63) is 123 Å². The molecule has 1 aromatic heterocycles. The van der Waals surface area contributed by atoms with Crippen molar-refractivity contribution < 1.29 is 13.9 Å². The first kappa shape index (κ1) is 25.4. The van der Waals surface area contributed by atoms with Gasteiger partial charge in [-0.15, -0.1) is 0 Å². The highest BCUT2D eigenvalue weighted by Crippen LogP contribution is 2.37. The number of hydrogen-bond acceptors (Lipinski definition) is 5. The Hall–Kier alpha value is -4.30. The SMILES string of the molecule is CCOc1cc(C=Nn2c(-c3ccccc3)nc3ccccc3c2=O)cc(Br)c1OCc1cccc(F)c1. The number of ether oxygens (including phenoxy) is 2. The van der Waals surface area contributed by atoms with Gasteiger partial charge < -0.3 is 9.47 Å². The molecule has 5 aromatic rings. The van der Waals surface area contributed by atoms with Crippen molar-refractivity contribution in [3.63, 3.8) is 0 Å². The largest absolute Gasteiger partial charge is 0.490 e. The van der Waals surface area contributed by atoms with Crippen LogP contribution >= 0.6 is 15.9 Å². The van der Waals surface area contributed by atoms with Crippen LogP contribution in [0.3, 0.4) is 0 Å². The molecule has 0 fully saturated rings. The molecule has 190 valence electrons. The number of halogens is 2. The molecule has 0 atom stereocenters. The first-order valence-corrected chi connectivity index (χ1v) is 12.8. The molecule has 4 aromatic carbocycles. The number of rotatable bonds is 8. The second-order valence-corrected chi connectivity index (χ2v) is 9.22. The van der Waals surface area contributed by atoms with Gasteiger partial charge in [-0.2, -0.15) is 9.78 Å². The normalized spacial score (nSPS) is 11.2. The van der Waals surface area contributed by atoms with E-state index in [1.165, 1.54) is 16.8 Å². The maximum absolute atomic E-state index is 13.6. The van der Waals surface area contributed by atoms with Gasteiger partial charge in [0.25, 0.3) is 5.56 Å². The predicted octanol–water partition coefficient (Wildman–Crippen LogP) is 6.83. The summed E-state index contributed by atoms with van der Waals surface area (Å²) < 4.78 is 27.3. The maximum Gasteiger partial charge on any atom is 0.282 e. The van der Waals surface area contributed by atoms with Crippen LogP contribution < -0.4 is 15.0 Å². The van der Waals surface area contributed by atoms with Gasteiger partial charge in [-0.3, -0.25) is 4.79 Å². The van der Waals surface area contributed by atoms with Gasteiger partial charge >= 0.3 is 0 Å². The second kappa shape index (κ2) is 11.4. The average molecular weight is 572 g/mol. The first-order valence-electron chi connectivity index (χ1n) is 12.0. The molecular weight excluding hydrogens is 549 g/mol. The van der Waals surface area contributed by atoms with E-state index in [4.69, 9.17) is 14.5 Å². The van der Waals surface area contributed by atoms with Gasteiger partial charge in [0.05, 0.1) is 28.2 Å². The molecule has 0 unspecified atom stereocenters. The third-order valence-electron chi connectivity index (χ3n) is 5.71. The van der Waals surface area contributed by atoms with Crippen LogP contribution in [0.5, 0.6) is 11.5 Å². The Labute approximate surface area is 227 Å². The highest BCUT2D eigenvalue weighted by Gasteiger charge is 2.14. The van der Waals surface area contributed by atoms with E-state index in [0.29, 0.717) is 50.4 Å². The summed E-state index contributed by atoms with van der Waals surface area (Å²) in [6.07, 6.45) is 1.58. The van der Waals surface area contributed by atoms with Crippen molar-refractivity contribution in [2.75, 3.05) is 6.61 Å². The molecule has 0 aliphatic carbocycles. The minimum atomic E-state index is -0.324. The van der Waals surface area contributed by atoms with Crippen LogP contribution in [0.2, 0.25) is 0 Å². The van der Waals surface area contributed by atoms with E-state index < -0.39 is 0 Å². The fraction of sp³-hybridized carbons (Fsp3) is 0.100. The molecule has 0 N–H and O–H groups in total. The van der Waals surface area contributed by atoms with E-state index in [2.05, 4.69) is 21.0 Å². The van der Waals surface area contributed by atoms with Gasteiger partial charge in [-0.1, -0.05) is 54.6 Å². The van der Waals surface area contributed by atoms with Gasteiger partial charge in [-0.05, 0) is 70.4 Å².